The van der Waals surface area contributed by atoms with Gasteiger partial charge in [-0.25, -0.2) is 0 Å². The lowest BCUT2D eigenvalue weighted by atomic mass is 10.2. The Balaban J connectivity index is 2.19. The predicted octanol–water partition coefficient (Wildman–Crippen LogP) is 0.149. The monoisotopic (exact) mass is 220 g/mol. The molecule has 0 amide bonds. The van der Waals surface area contributed by atoms with Gasteiger partial charge in [0.2, 0.25) is 5.82 Å². The number of aromatic nitrogens is 4. The zero-order valence-corrected chi connectivity index (χ0v) is 8.82. The van der Waals surface area contributed by atoms with Crippen LogP contribution < -0.4 is 4.84 Å². The van der Waals surface area contributed by atoms with Crippen molar-refractivity contribution in [1.29, 1.82) is 0 Å². The molecule has 0 aliphatic rings. The molecule has 2 aromatic rings. The highest BCUT2D eigenvalue weighted by Crippen LogP contribution is 2.13. The summed E-state index contributed by atoms with van der Waals surface area (Å²) in [6.45, 7) is 1.78. The fourth-order valence-corrected chi connectivity index (χ4v) is 1.20. The number of rotatable bonds is 4. The molecule has 0 aliphatic heterocycles. The van der Waals surface area contributed by atoms with Crippen molar-refractivity contribution in [3.8, 4) is 11.4 Å². The van der Waals surface area contributed by atoms with Gasteiger partial charge in [0.15, 0.2) is 0 Å². The van der Waals surface area contributed by atoms with Crippen molar-refractivity contribution >= 4 is 0 Å². The van der Waals surface area contributed by atoms with E-state index in [1.54, 1.807) is 6.92 Å². The lowest BCUT2D eigenvalue weighted by Gasteiger charge is -2.07. The molecule has 1 atom stereocenters. The van der Waals surface area contributed by atoms with Gasteiger partial charge in [-0.05, 0) is 17.4 Å². The maximum absolute atomic E-state index is 9.11. The van der Waals surface area contributed by atoms with Crippen LogP contribution in [0.3, 0.4) is 0 Å². The van der Waals surface area contributed by atoms with Crippen molar-refractivity contribution in [3.63, 3.8) is 0 Å². The van der Waals surface area contributed by atoms with Crippen LogP contribution in [0, 0.1) is 0 Å². The molecule has 6 heteroatoms. The summed E-state index contributed by atoms with van der Waals surface area (Å²) in [6.07, 6.45) is -0.562. The molecule has 2 rings (SSSR count). The smallest absolute Gasteiger partial charge is 0.222 e. The van der Waals surface area contributed by atoms with Gasteiger partial charge in [0, 0.05) is 5.56 Å². The molecular weight excluding hydrogens is 208 g/mol. The van der Waals surface area contributed by atoms with E-state index in [1.165, 1.54) is 4.85 Å². The second-order valence-electron chi connectivity index (χ2n) is 3.39. The Labute approximate surface area is 92.4 Å². The van der Waals surface area contributed by atoms with Crippen molar-refractivity contribution in [2.75, 3.05) is 6.61 Å². The minimum Gasteiger partial charge on any atom is -0.391 e. The first kappa shape index (κ1) is 10.6. The summed E-state index contributed by atoms with van der Waals surface area (Å²) in [4.78, 5) is 6.43. The highest BCUT2D eigenvalue weighted by atomic mass is 16.7. The van der Waals surface area contributed by atoms with E-state index in [0.717, 1.165) is 5.56 Å². The maximum Gasteiger partial charge on any atom is 0.222 e. The van der Waals surface area contributed by atoms with Crippen LogP contribution in [-0.4, -0.2) is 38.2 Å². The second kappa shape index (κ2) is 4.71. The molecule has 1 aromatic carbocycles. The van der Waals surface area contributed by atoms with Crippen LogP contribution in [0.2, 0.25) is 0 Å². The third-order valence-corrected chi connectivity index (χ3v) is 1.91. The van der Waals surface area contributed by atoms with Gasteiger partial charge in [0.25, 0.3) is 0 Å². The van der Waals surface area contributed by atoms with Gasteiger partial charge in [-0.15, -0.1) is 5.10 Å². The number of aliphatic hydroxyl groups is 1. The quantitative estimate of drug-likeness (QED) is 0.794. The molecular formula is C10H12N4O2. The molecule has 0 aliphatic carbocycles. The normalized spacial score (nSPS) is 12.4. The van der Waals surface area contributed by atoms with Gasteiger partial charge in [0.1, 0.15) is 6.61 Å². The summed E-state index contributed by atoms with van der Waals surface area (Å²) >= 11 is 0. The van der Waals surface area contributed by atoms with Crippen LogP contribution in [0.25, 0.3) is 11.4 Å². The average molecular weight is 220 g/mol. The summed E-state index contributed by atoms with van der Waals surface area (Å²) in [5.74, 6) is 0.515. The maximum atomic E-state index is 9.11. The zero-order valence-electron chi connectivity index (χ0n) is 8.82. The molecule has 0 saturated heterocycles. The topological polar surface area (TPSA) is 73.1 Å². The standard InChI is InChI=1S/C10H12N4O2/c1-8(15)7-16-14-10(11-12-13-14)9-5-3-2-4-6-9/h2-6,8,15H,7H2,1H3. The van der Waals surface area contributed by atoms with Crippen LogP contribution in [0.5, 0.6) is 0 Å². The van der Waals surface area contributed by atoms with Gasteiger partial charge in [-0.1, -0.05) is 35.2 Å². The molecule has 0 spiro atoms. The number of hydrogen-bond donors (Lipinski definition) is 1. The Kier molecular flexibility index (Phi) is 3.11. The molecule has 0 radical (unpaired) electrons. The molecule has 1 heterocycles. The van der Waals surface area contributed by atoms with E-state index in [-0.39, 0.29) is 6.61 Å². The lowest BCUT2D eigenvalue weighted by molar-refractivity contribution is 0.0186. The van der Waals surface area contributed by atoms with Crippen molar-refractivity contribution in [1.82, 2.24) is 20.4 Å². The van der Waals surface area contributed by atoms with E-state index < -0.39 is 6.10 Å². The Morgan fingerprint density at radius 1 is 1.38 bits per heavy atom. The molecule has 1 unspecified atom stereocenters. The summed E-state index contributed by atoms with van der Waals surface area (Å²) in [6, 6.07) is 9.46. The molecule has 0 saturated carbocycles. The van der Waals surface area contributed by atoms with Crippen molar-refractivity contribution in [2.24, 2.45) is 0 Å². The van der Waals surface area contributed by atoms with Gasteiger partial charge >= 0.3 is 0 Å². The Hall–Kier alpha value is -1.95. The summed E-state index contributed by atoms with van der Waals surface area (Å²) in [7, 11) is 0. The van der Waals surface area contributed by atoms with E-state index in [0.29, 0.717) is 5.82 Å². The minimum absolute atomic E-state index is 0.144. The minimum atomic E-state index is -0.562. The third-order valence-electron chi connectivity index (χ3n) is 1.91. The van der Waals surface area contributed by atoms with Gasteiger partial charge < -0.3 is 9.94 Å². The highest BCUT2D eigenvalue weighted by molar-refractivity contribution is 5.53. The molecule has 0 fully saturated rings. The number of benzene rings is 1. The summed E-state index contributed by atoms with van der Waals surface area (Å²) in [5, 5.41) is 20.2. The van der Waals surface area contributed by atoms with Gasteiger partial charge in [0.05, 0.1) is 6.10 Å². The summed E-state index contributed by atoms with van der Waals surface area (Å²) in [5.41, 5.74) is 0.859. The molecule has 0 bridgehead atoms. The van der Waals surface area contributed by atoms with Crippen LogP contribution in [-0.2, 0) is 0 Å². The third kappa shape index (κ3) is 2.34. The SMILES string of the molecule is CC(O)COn1nnnc1-c1ccccc1. The number of aliphatic hydroxyl groups excluding tert-OH is 1. The molecule has 1 N–H and O–H groups in total. The Morgan fingerprint density at radius 3 is 2.81 bits per heavy atom. The highest BCUT2D eigenvalue weighted by Gasteiger charge is 2.09. The van der Waals surface area contributed by atoms with Gasteiger partial charge in [-0.2, -0.15) is 0 Å². The largest absolute Gasteiger partial charge is 0.391 e. The fraction of sp³-hybridized carbons (Fsp3) is 0.300. The van der Waals surface area contributed by atoms with Gasteiger partial charge in [-0.3, -0.25) is 0 Å². The van der Waals surface area contributed by atoms with Crippen LogP contribution >= 0.6 is 0 Å². The predicted molar refractivity (Wildman–Crippen MR) is 56.4 cm³/mol. The summed E-state index contributed by atoms with van der Waals surface area (Å²) < 4.78 is 0. The van der Waals surface area contributed by atoms with Crippen molar-refractivity contribution < 1.29 is 9.94 Å². The first-order chi connectivity index (χ1) is 7.77. The number of tetrazole rings is 1. The molecule has 16 heavy (non-hydrogen) atoms. The van der Waals surface area contributed by atoms with E-state index in [1.807, 2.05) is 30.3 Å². The van der Waals surface area contributed by atoms with E-state index in [2.05, 4.69) is 15.5 Å². The van der Waals surface area contributed by atoms with E-state index in [9.17, 15) is 0 Å². The number of nitrogens with zero attached hydrogens (tertiary/aromatic N) is 4. The van der Waals surface area contributed by atoms with E-state index >= 15 is 0 Å². The average Bonchev–Trinajstić information content (AvgIpc) is 2.75. The second-order valence-corrected chi connectivity index (χ2v) is 3.39. The molecule has 84 valence electrons. The Morgan fingerprint density at radius 2 is 2.12 bits per heavy atom. The first-order valence-corrected chi connectivity index (χ1v) is 4.92. The van der Waals surface area contributed by atoms with Crippen LogP contribution in [0.15, 0.2) is 30.3 Å². The molecule has 6 nitrogen and oxygen atoms in total. The van der Waals surface area contributed by atoms with Crippen molar-refractivity contribution in [3.05, 3.63) is 30.3 Å². The zero-order chi connectivity index (χ0) is 11.4. The van der Waals surface area contributed by atoms with Crippen LogP contribution in [0.4, 0.5) is 0 Å². The Bertz CT molecular complexity index is 441. The first-order valence-electron chi connectivity index (χ1n) is 4.92. The van der Waals surface area contributed by atoms with E-state index in [4.69, 9.17) is 9.94 Å². The lowest BCUT2D eigenvalue weighted by Crippen LogP contribution is -2.23. The van der Waals surface area contributed by atoms with Crippen molar-refractivity contribution in [2.45, 2.75) is 13.0 Å². The van der Waals surface area contributed by atoms with Crippen LogP contribution in [0.1, 0.15) is 6.92 Å². The number of hydrogen-bond acceptors (Lipinski definition) is 5. The fourth-order valence-electron chi connectivity index (χ4n) is 1.20. The molecule has 1 aromatic heterocycles.